The zero-order valence-corrected chi connectivity index (χ0v) is 7.98. The van der Waals surface area contributed by atoms with Crippen LogP contribution in [0.15, 0.2) is 12.8 Å². The van der Waals surface area contributed by atoms with Gasteiger partial charge in [-0.05, 0) is 0 Å². The summed E-state index contributed by atoms with van der Waals surface area (Å²) in [5.41, 5.74) is 0. The normalized spacial score (nSPS) is 12.6. The monoisotopic (exact) mass is 323 g/mol. The first kappa shape index (κ1) is 9.78. The van der Waals surface area contributed by atoms with Crippen LogP contribution in [-0.2, 0) is 27.7 Å². The molecule has 3 N–H and O–H groups in total. The maximum atomic E-state index is 10.7. The summed E-state index contributed by atoms with van der Waals surface area (Å²) in [5.74, 6) is -0.343. The van der Waals surface area contributed by atoms with E-state index >= 15 is 0 Å². The van der Waals surface area contributed by atoms with Crippen LogP contribution in [0.25, 0.3) is 0 Å². The average Bonchev–Trinajstić information content (AvgIpc) is 1.89. The topological polar surface area (TPSA) is 64.3 Å². The van der Waals surface area contributed by atoms with Gasteiger partial charge in [0.1, 0.15) is 0 Å². The van der Waals surface area contributed by atoms with Crippen LogP contribution in [-0.4, -0.2) is 12.0 Å². The fourth-order valence-corrected chi connectivity index (χ4v) is 1.19. The van der Waals surface area contributed by atoms with Crippen molar-refractivity contribution in [3.05, 3.63) is 12.8 Å². The molecule has 0 aromatic carbocycles. The first-order valence-electron chi connectivity index (χ1n) is 2.57. The Morgan fingerprint density at radius 2 is 2.60 bits per heavy atom. The van der Waals surface area contributed by atoms with Crippen molar-refractivity contribution in [1.29, 1.82) is 0 Å². The predicted octanol–water partition coefficient (Wildman–Crippen LogP) is -0.478. The molecule has 0 amide bonds. The van der Waals surface area contributed by atoms with E-state index in [9.17, 15) is 4.79 Å². The van der Waals surface area contributed by atoms with Crippen LogP contribution >= 0.6 is 0 Å². The molecule has 0 spiro atoms. The Morgan fingerprint density at radius 1 is 2.00 bits per heavy atom. The molecule has 0 aliphatic rings. The summed E-state index contributed by atoms with van der Waals surface area (Å²) in [6.07, 6.45) is 1.11. The molecule has 0 saturated heterocycles. The first-order valence-corrected chi connectivity index (χ1v) is 5.15. The van der Waals surface area contributed by atoms with Crippen LogP contribution in [0.3, 0.4) is 0 Å². The van der Waals surface area contributed by atoms with Crippen molar-refractivity contribution in [3.8, 4) is 0 Å². The number of rotatable bonds is 4. The molecule has 0 saturated carbocycles. The van der Waals surface area contributed by atoms with E-state index in [2.05, 4.69) is 15.3 Å². The average molecular weight is 322 g/mol. The summed E-state index contributed by atoms with van der Waals surface area (Å²) < 4.78 is 12.5. The second-order valence-electron chi connectivity index (χ2n) is 1.52. The van der Waals surface area contributed by atoms with Gasteiger partial charge in [0.05, 0.1) is 0 Å². The van der Waals surface area contributed by atoms with E-state index in [4.69, 9.17) is 4.40 Å². The third-order valence-corrected chi connectivity index (χ3v) is 2.19. The number of ether oxygens (including phenoxy) is 1. The molecular weight excluding hydrogens is 312 g/mol. The molecule has 0 fully saturated rings. The standard InChI is InChI=1S/C5H8NO2.Ir.H2N/c1-3-8-5(7)4(2)6;;/h3-4,6H,1H2,2H3;;1H2/q-1;+2;-1. The number of hydrogen-bond acceptors (Lipinski definition) is 4. The van der Waals surface area contributed by atoms with Crippen molar-refractivity contribution in [2.75, 3.05) is 0 Å². The summed E-state index contributed by atoms with van der Waals surface area (Å²) in [4.78, 5) is 10.7. The Balaban J connectivity index is 3.58. The number of nitrogens with two attached hydrogens (primary N) is 1. The molecule has 0 heterocycles. The molecule has 5 heteroatoms. The first-order chi connectivity index (χ1) is 4.72. The molecule has 0 aliphatic carbocycles. The van der Waals surface area contributed by atoms with E-state index in [0.717, 1.165) is 6.26 Å². The Hall–Kier alpha value is -0.221. The molecule has 0 rings (SSSR count). The van der Waals surface area contributed by atoms with Crippen LogP contribution in [0.2, 0.25) is 0 Å². The van der Waals surface area contributed by atoms with Crippen molar-refractivity contribution in [1.82, 2.24) is 3.99 Å². The summed E-state index contributed by atoms with van der Waals surface area (Å²) in [6.45, 7) is 4.95. The van der Waals surface area contributed by atoms with Crippen LogP contribution in [0.1, 0.15) is 6.92 Å². The number of esters is 1. The summed E-state index contributed by atoms with van der Waals surface area (Å²) in [7, 11) is 0. The number of nitrogens with one attached hydrogen (secondary N) is 1. The molecule has 61 valence electrons. The summed E-state index contributed by atoms with van der Waals surface area (Å²) in [6, 6.07) is -0.317. The molecule has 1 unspecified atom stereocenters. The number of carbonyl (C=O) groups excluding carboxylic acids is 1. The van der Waals surface area contributed by atoms with Gasteiger partial charge in [0, 0.05) is 0 Å². The summed E-state index contributed by atoms with van der Waals surface area (Å²) in [5, 5.41) is 0. The van der Waals surface area contributed by atoms with Gasteiger partial charge in [-0.25, -0.2) is 0 Å². The zero-order chi connectivity index (χ0) is 7.98. The summed E-state index contributed by atoms with van der Waals surface area (Å²) >= 11 is -0.675. The van der Waals surface area contributed by atoms with Crippen molar-refractivity contribution >= 4 is 5.97 Å². The van der Waals surface area contributed by atoms with Crippen molar-refractivity contribution in [2.45, 2.75) is 13.0 Å². The molecule has 0 aliphatic heterocycles. The van der Waals surface area contributed by atoms with Gasteiger partial charge in [-0.1, -0.05) is 0 Å². The van der Waals surface area contributed by atoms with Gasteiger partial charge >= 0.3 is 67.9 Å². The van der Waals surface area contributed by atoms with Crippen LogP contribution < -0.4 is 8.39 Å². The minimum absolute atomic E-state index is 0.317. The molecule has 10 heavy (non-hydrogen) atoms. The number of hydrogen-bond donors (Lipinski definition) is 2. The number of carbonyl (C=O) groups is 1. The van der Waals surface area contributed by atoms with Crippen molar-refractivity contribution in [2.24, 2.45) is 4.40 Å². The molecule has 0 aromatic rings. The van der Waals surface area contributed by atoms with E-state index < -0.39 is 18.2 Å². The molecule has 1 atom stereocenters. The van der Waals surface area contributed by atoms with Gasteiger partial charge in [-0.3, -0.25) is 0 Å². The van der Waals surface area contributed by atoms with Gasteiger partial charge in [0.2, 0.25) is 0 Å². The fourth-order valence-electron chi connectivity index (χ4n) is 0.307. The SMILES string of the molecule is C=COC(=O)C(C)[NH][Ir][NH2]. The van der Waals surface area contributed by atoms with E-state index in [0.29, 0.717) is 0 Å². The fraction of sp³-hybridized carbons (Fsp3) is 0.400. The molecule has 0 aromatic heterocycles. The minimum atomic E-state index is -0.675. The van der Waals surface area contributed by atoms with Crippen LogP contribution in [0, 0.1) is 0 Å². The predicted molar refractivity (Wildman–Crippen MR) is 33.1 cm³/mol. The van der Waals surface area contributed by atoms with Gasteiger partial charge in [-0.15, -0.1) is 0 Å². The molecular formula is C5H10IrN2O2. The Kier molecular flexibility index (Phi) is 5.43. The third-order valence-electron chi connectivity index (χ3n) is 0.753. The second-order valence-corrected chi connectivity index (χ2v) is 2.90. The van der Waals surface area contributed by atoms with Crippen molar-refractivity contribution < 1.29 is 27.7 Å². The quantitative estimate of drug-likeness (QED) is 0.542. The van der Waals surface area contributed by atoms with E-state index in [1.54, 1.807) is 6.92 Å². The Morgan fingerprint density at radius 3 is 3.00 bits per heavy atom. The third kappa shape index (κ3) is 3.74. The van der Waals surface area contributed by atoms with Gasteiger partial charge in [0.15, 0.2) is 0 Å². The van der Waals surface area contributed by atoms with Crippen LogP contribution in [0.4, 0.5) is 0 Å². The van der Waals surface area contributed by atoms with E-state index in [1.165, 1.54) is 0 Å². The molecule has 0 bridgehead atoms. The van der Waals surface area contributed by atoms with Gasteiger partial charge in [0.25, 0.3) is 0 Å². The van der Waals surface area contributed by atoms with Gasteiger partial charge < -0.3 is 0 Å². The maximum absolute atomic E-state index is 10.7. The molecule has 4 nitrogen and oxygen atoms in total. The van der Waals surface area contributed by atoms with E-state index in [1.807, 2.05) is 0 Å². The van der Waals surface area contributed by atoms with Crippen molar-refractivity contribution in [3.63, 3.8) is 0 Å². The Bertz CT molecular complexity index is 129. The Labute approximate surface area is 68.3 Å². The zero-order valence-electron chi connectivity index (χ0n) is 5.59. The van der Waals surface area contributed by atoms with E-state index in [-0.39, 0.29) is 12.0 Å². The van der Waals surface area contributed by atoms with Crippen LogP contribution in [0.5, 0.6) is 0 Å². The van der Waals surface area contributed by atoms with Gasteiger partial charge in [-0.2, -0.15) is 0 Å². The second kappa shape index (κ2) is 5.56. The molecule has 0 radical (unpaired) electrons.